The van der Waals surface area contributed by atoms with E-state index in [1.807, 2.05) is 11.8 Å². The second-order valence-corrected chi connectivity index (χ2v) is 16.8. The van der Waals surface area contributed by atoms with Crippen molar-refractivity contribution < 1.29 is 0 Å². The van der Waals surface area contributed by atoms with Gasteiger partial charge in [0.1, 0.15) is 0 Å². The molecule has 7 aromatic rings. The van der Waals surface area contributed by atoms with Crippen molar-refractivity contribution in [2.75, 3.05) is 9.80 Å². The molecule has 0 saturated heterocycles. The third-order valence-electron chi connectivity index (χ3n) is 12.3. The minimum absolute atomic E-state index is 0.0255. The molecule has 2 atom stereocenters. The zero-order valence-corrected chi connectivity index (χ0v) is 31.8. The van der Waals surface area contributed by atoms with E-state index in [1.165, 1.54) is 88.1 Å². The van der Waals surface area contributed by atoms with Gasteiger partial charge < -0.3 is 9.80 Å². The van der Waals surface area contributed by atoms with E-state index < -0.39 is 0 Å². The van der Waals surface area contributed by atoms with Crippen LogP contribution in [0.25, 0.3) is 22.9 Å². The van der Waals surface area contributed by atoms with Gasteiger partial charge in [-0.25, -0.2) is 0 Å². The summed E-state index contributed by atoms with van der Waals surface area (Å²) in [5.74, 6) is 0.727. The molecule has 264 valence electrons. The molecule has 0 aromatic heterocycles. The molecule has 0 radical (unpaired) electrons. The predicted molar refractivity (Wildman–Crippen MR) is 232 cm³/mol. The Morgan fingerprint density at radius 1 is 0.582 bits per heavy atom. The summed E-state index contributed by atoms with van der Waals surface area (Å²) in [6.45, 7) is 4.88. The van der Waals surface area contributed by atoms with Gasteiger partial charge in [0.15, 0.2) is 0 Å². The van der Waals surface area contributed by atoms with E-state index in [-0.39, 0.29) is 5.41 Å². The maximum atomic E-state index is 2.56. The summed E-state index contributed by atoms with van der Waals surface area (Å²) < 4.78 is 0. The van der Waals surface area contributed by atoms with Crippen LogP contribution in [-0.4, -0.2) is 0 Å². The molecule has 0 N–H and O–H groups in total. The second kappa shape index (κ2) is 12.5. The van der Waals surface area contributed by atoms with Crippen LogP contribution in [0.1, 0.15) is 53.1 Å². The Kier molecular flexibility index (Phi) is 7.37. The van der Waals surface area contributed by atoms with Crippen molar-refractivity contribution in [3.8, 4) is 0 Å². The number of nitrogens with zero attached hydrogens (tertiary/aromatic N) is 2. The summed E-state index contributed by atoms with van der Waals surface area (Å²) in [4.78, 5) is 7.48. The van der Waals surface area contributed by atoms with Crippen molar-refractivity contribution >= 4 is 63.1 Å². The fourth-order valence-corrected chi connectivity index (χ4v) is 10.7. The van der Waals surface area contributed by atoms with Crippen molar-refractivity contribution in [2.24, 2.45) is 5.92 Å². The van der Waals surface area contributed by atoms with Crippen LogP contribution in [0.5, 0.6) is 0 Å². The number of fused-ring (bicyclic) bond motifs is 8. The average Bonchev–Trinajstić information content (AvgIpc) is 3.45. The van der Waals surface area contributed by atoms with E-state index in [1.54, 1.807) is 0 Å². The summed E-state index contributed by atoms with van der Waals surface area (Å²) in [7, 11) is 0. The molecule has 2 aliphatic carbocycles. The van der Waals surface area contributed by atoms with Crippen molar-refractivity contribution in [3.63, 3.8) is 0 Å². The highest BCUT2D eigenvalue weighted by molar-refractivity contribution is 7.99. The molecule has 2 aliphatic heterocycles. The van der Waals surface area contributed by atoms with E-state index in [9.17, 15) is 0 Å². The van der Waals surface area contributed by atoms with Crippen LogP contribution in [0.3, 0.4) is 0 Å². The molecule has 4 aliphatic rings. The van der Waals surface area contributed by atoms with Crippen molar-refractivity contribution in [1.82, 2.24) is 0 Å². The third-order valence-corrected chi connectivity index (χ3v) is 13.5. The first-order chi connectivity index (χ1) is 27.0. The lowest BCUT2D eigenvalue weighted by Gasteiger charge is -2.38. The van der Waals surface area contributed by atoms with Crippen LogP contribution in [0, 0.1) is 5.92 Å². The van der Waals surface area contributed by atoms with Gasteiger partial charge in [-0.15, -0.1) is 0 Å². The number of allylic oxidation sites excluding steroid dienone is 3. The number of anilines is 5. The first-order valence-corrected chi connectivity index (χ1v) is 20.2. The van der Waals surface area contributed by atoms with E-state index in [0.29, 0.717) is 11.8 Å². The Bertz CT molecular complexity index is 2700. The number of hydrogen-bond acceptors (Lipinski definition) is 3. The summed E-state index contributed by atoms with van der Waals surface area (Å²) in [6, 6.07) is 55.9. The Morgan fingerprint density at radius 2 is 1.20 bits per heavy atom. The van der Waals surface area contributed by atoms with Gasteiger partial charge in [-0.1, -0.05) is 159 Å². The van der Waals surface area contributed by atoms with Gasteiger partial charge >= 0.3 is 0 Å². The quantitative estimate of drug-likeness (QED) is 0.167. The third kappa shape index (κ3) is 5.10. The van der Waals surface area contributed by atoms with Gasteiger partial charge in [0.2, 0.25) is 0 Å². The molecule has 2 nitrogen and oxygen atoms in total. The molecule has 0 saturated carbocycles. The highest BCUT2D eigenvalue weighted by Gasteiger charge is 2.46. The predicted octanol–water partition coefficient (Wildman–Crippen LogP) is 14.1. The zero-order chi connectivity index (χ0) is 36.7. The lowest BCUT2D eigenvalue weighted by atomic mass is 9.73. The highest BCUT2D eigenvalue weighted by atomic mass is 32.2. The van der Waals surface area contributed by atoms with Gasteiger partial charge in [-0.2, -0.15) is 0 Å². The summed E-state index contributed by atoms with van der Waals surface area (Å²) in [5, 5.41) is 2.49. The van der Waals surface area contributed by atoms with Gasteiger partial charge in [0, 0.05) is 44.6 Å². The molecule has 55 heavy (non-hydrogen) atoms. The Hall–Kier alpha value is -6.03. The number of para-hydroxylation sites is 4. The molecule has 0 bridgehead atoms. The molecule has 3 heteroatoms. The Labute approximate surface area is 327 Å². The number of rotatable bonds is 4. The topological polar surface area (TPSA) is 6.48 Å². The molecule has 0 fully saturated rings. The maximum absolute atomic E-state index is 2.56. The largest absolute Gasteiger partial charge is 0.310 e. The van der Waals surface area contributed by atoms with Crippen LogP contribution in [0.4, 0.5) is 28.4 Å². The molecular formula is C52H40N2S. The summed E-state index contributed by atoms with van der Waals surface area (Å²) in [5.41, 5.74) is 15.6. The summed E-state index contributed by atoms with van der Waals surface area (Å²) >= 11 is 1.85. The summed E-state index contributed by atoms with van der Waals surface area (Å²) in [6.07, 6.45) is 13.0. The first kappa shape index (κ1) is 32.4. The van der Waals surface area contributed by atoms with Crippen molar-refractivity contribution in [1.29, 1.82) is 0 Å². The fraction of sp³-hybridized carbons (Fsp3) is 0.115. The number of hydrogen-bond donors (Lipinski definition) is 0. The van der Waals surface area contributed by atoms with Crippen molar-refractivity contribution in [3.05, 3.63) is 209 Å². The lowest BCUT2D eigenvalue weighted by molar-refractivity contribution is 0.392. The fourth-order valence-electron chi connectivity index (χ4n) is 9.64. The molecule has 0 amide bonds. The van der Waals surface area contributed by atoms with Gasteiger partial charge in [-0.05, 0) is 98.6 Å². The normalized spacial score (nSPS) is 18.6. The van der Waals surface area contributed by atoms with Crippen LogP contribution in [0.2, 0.25) is 0 Å². The number of benzene rings is 7. The lowest BCUT2D eigenvalue weighted by Crippen LogP contribution is -2.29. The Morgan fingerprint density at radius 3 is 1.91 bits per heavy atom. The van der Waals surface area contributed by atoms with Crippen LogP contribution < -0.4 is 9.80 Å². The van der Waals surface area contributed by atoms with Crippen LogP contribution >= 0.6 is 11.8 Å². The van der Waals surface area contributed by atoms with E-state index in [2.05, 4.69) is 206 Å². The molecule has 2 unspecified atom stereocenters. The monoisotopic (exact) mass is 724 g/mol. The smallest absolute Gasteiger partial charge is 0.0601 e. The molecule has 7 aromatic carbocycles. The van der Waals surface area contributed by atoms with E-state index >= 15 is 0 Å². The minimum atomic E-state index is -0.0255. The highest BCUT2D eigenvalue weighted by Crippen LogP contribution is 2.56. The van der Waals surface area contributed by atoms with Gasteiger partial charge in [0.25, 0.3) is 0 Å². The Balaban J connectivity index is 0.934. The van der Waals surface area contributed by atoms with E-state index in [0.717, 1.165) is 6.42 Å². The van der Waals surface area contributed by atoms with Crippen LogP contribution in [-0.2, 0) is 11.8 Å². The molecular weight excluding hydrogens is 685 g/mol. The molecule has 0 spiro atoms. The van der Waals surface area contributed by atoms with Crippen molar-refractivity contribution in [2.45, 2.75) is 41.4 Å². The average molecular weight is 725 g/mol. The SMILES string of the molecule is CC1(C)c2cc(/C=C/c3ccc(N4c5ccccc5Sc5ccccc54)c4ccccc34)ccc2C2C=CC(N3c4ccccc4Cc4ccccc43)=CC21. The van der Waals surface area contributed by atoms with Gasteiger partial charge in [-0.3, -0.25) is 0 Å². The molecule has 11 rings (SSSR count). The zero-order valence-electron chi connectivity index (χ0n) is 31.0. The first-order valence-electron chi connectivity index (χ1n) is 19.4. The van der Waals surface area contributed by atoms with Gasteiger partial charge in [0.05, 0.1) is 17.1 Å². The standard InChI is InChI=1S/C52H40N2S/c1-52(2)43-31-34(24-28-40(43)41-29-27-38(33-44(41)52)53-45-17-7-3-13-36(45)32-37-14-4-8-18-46(37)53)23-25-35-26-30-47(42-16-6-5-15-39(35)42)54-48-19-9-11-21-50(48)55-51-22-12-10-20-49(51)54/h3-31,33,41,44H,32H2,1-2H3/b25-23+. The maximum Gasteiger partial charge on any atom is 0.0601 e. The minimum Gasteiger partial charge on any atom is -0.310 e. The second-order valence-electron chi connectivity index (χ2n) is 15.8. The van der Waals surface area contributed by atoms with Crippen LogP contribution in [0.15, 0.2) is 185 Å². The van der Waals surface area contributed by atoms with E-state index in [4.69, 9.17) is 0 Å². The molecule has 2 heterocycles.